The molecule has 2 aliphatic rings. The number of amides is 1. The first-order chi connectivity index (χ1) is 16.8. The van der Waals surface area contributed by atoms with E-state index < -0.39 is 11.7 Å². The zero-order valence-corrected chi connectivity index (χ0v) is 18.8. The maximum absolute atomic E-state index is 13.6. The number of carbonyl (C=O) groups excluding carboxylic acids is 1. The van der Waals surface area contributed by atoms with Gasteiger partial charge >= 0.3 is 6.18 Å². The molecule has 1 N–H and O–H groups in total. The van der Waals surface area contributed by atoms with Crippen molar-refractivity contribution in [3.8, 4) is 11.6 Å². The molecule has 0 spiro atoms. The second-order valence-corrected chi connectivity index (χ2v) is 8.07. The van der Waals surface area contributed by atoms with Crippen LogP contribution in [0.25, 0.3) is 11.0 Å². The van der Waals surface area contributed by atoms with Gasteiger partial charge in [-0.1, -0.05) is 12.1 Å². The van der Waals surface area contributed by atoms with Gasteiger partial charge in [-0.25, -0.2) is 9.97 Å². The summed E-state index contributed by atoms with van der Waals surface area (Å²) in [5, 5.41) is 3.64. The lowest BCUT2D eigenvalue weighted by molar-refractivity contribution is -0.139. The fourth-order valence-electron chi connectivity index (χ4n) is 4.14. The van der Waals surface area contributed by atoms with E-state index in [1.54, 1.807) is 12.1 Å². The van der Waals surface area contributed by atoms with E-state index in [0.29, 0.717) is 59.9 Å². The van der Waals surface area contributed by atoms with Crippen molar-refractivity contribution in [3.63, 3.8) is 0 Å². The zero-order chi connectivity index (χ0) is 24.6. The second-order valence-electron chi connectivity index (χ2n) is 8.07. The Hall–Kier alpha value is -3.67. The summed E-state index contributed by atoms with van der Waals surface area (Å²) in [7, 11) is 1.46. The summed E-state index contributed by atoms with van der Waals surface area (Å²) in [6.45, 7) is 0.745. The van der Waals surface area contributed by atoms with Gasteiger partial charge < -0.3 is 24.4 Å². The van der Waals surface area contributed by atoms with Crippen LogP contribution < -0.4 is 19.7 Å². The van der Waals surface area contributed by atoms with Crippen molar-refractivity contribution in [2.45, 2.75) is 25.6 Å². The topological polar surface area (TPSA) is 98.7 Å². The number of alkyl halides is 3. The first-order valence-electron chi connectivity index (χ1n) is 11.0. The van der Waals surface area contributed by atoms with Crippen LogP contribution in [0.1, 0.15) is 23.4 Å². The third-order valence-corrected chi connectivity index (χ3v) is 5.79. The number of hydrogen-bond acceptors (Lipinski definition) is 8. The van der Waals surface area contributed by atoms with E-state index in [9.17, 15) is 18.0 Å². The molecule has 3 aromatic rings. The Bertz CT molecular complexity index is 1280. The molecule has 2 aliphatic heterocycles. The van der Waals surface area contributed by atoms with E-state index >= 15 is 0 Å². The number of nitrogens with zero attached hydrogens (tertiary/aromatic N) is 4. The van der Waals surface area contributed by atoms with Crippen molar-refractivity contribution >= 4 is 28.4 Å². The molecule has 1 amide bonds. The van der Waals surface area contributed by atoms with Crippen LogP contribution in [0.15, 0.2) is 24.3 Å². The molecule has 0 atom stereocenters. The Labute approximate surface area is 198 Å². The molecule has 0 saturated carbocycles. The van der Waals surface area contributed by atoms with Crippen LogP contribution in [0.2, 0.25) is 0 Å². The Morgan fingerprint density at radius 2 is 2.03 bits per heavy atom. The number of hydrogen-bond donors (Lipinski definition) is 1. The number of fused-ring (bicyclic) bond motifs is 5. The number of ether oxygens (including phenoxy) is 3. The highest BCUT2D eigenvalue weighted by Crippen LogP contribution is 2.39. The maximum Gasteiger partial charge on any atom is 0.419 e. The molecule has 2 aromatic heterocycles. The lowest BCUT2D eigenvalue weighted by Crippen LogP contribution is -2.41. The Kier molecular flexibility index (Phi) is 6.05. The number of nitrogens with one attached hydrogen (secondary N) is 1. The van der Waals surface area contributed by atoms with Crippen molar-refractivity contribution in [2.24, 2.45) is 0 Å². The molecule has 1 aromatic carbocycles. The average Bonchev–Trinajstić information content (AvgIpc) is 2.87. The fraction of sp³-hybridized carbons (Fsp3) is 0.391. The van der Waals surface area contributed by atoms with E-state index in [1.807, 2.05) is 0 Å². The number of pyridine rings is 1. The summed E-state index contributed by atoms with van der Waals surface area (Å²) in [6.07, 6.45) is -3.76. The normalized spacial score (nSPS) is 16.7. The van der Waals surface area contributed by atoms with Crippen molar-refractivity contribution in [1.82, 2.24) is 15.0 Å². The number of halogens is 3. The van der Waals surface area contributed by atoms with Crippen molar-refractivity contribution in [3.05, 3.63) is 41.2 Å². The molecule has 9 nitrogen and oxygen atoms in total. The van der Waals surface area contributed by atoms with Crippen LogP contribution in [-0.2, 0) is 28.7 Å². The highest BCUT2D eigenvalue weighted by atomic mass is 19.4. The predicted molar refractivity (Wildman–Crippen MR) is 120 cm³/mol. The summed E-state index contributed by atoms with van der Waals surface area (Å²) < 4.78 is 57.1. The highest BCUT2D eigenvalue weighted by Gasteiger charge is 2.35. The molecule has 0 aliphatic carbocycles. The van der Waals surface area contributed by atoms with E-state index in [0.717, 1.165) is 6.07 Å². The third-order valence-electron chi connectivity index (χ3n) is 5.79. The van der Waals surface area contributed by atoms with Gasteiger partial charge in [0, 0.05) is 25.1 Å². The molecule has 1 saturated heterocycles. The molecule has 0 radical (unpaired) electrons. The van der Waals surface area contributed by atoms with Crippen LogP contribution in [0.3, 0.4) is 0 Å². The number of rotatable bonds is 2. The minimum Gasteiger partial charge on any atom is -0.493 e. The molecule has 2 bridgehead atoms. The van der Waals surface area contributed by atoms with Gasteiger partial charge in [0.05, 0.1) is 31.3 Å². The Morgan fingerprint density at radius 3 is 2.80 bits per heavy atom. The van der Waals surface area contributed by atoms with Gasteiger partial charge in [0.25, 0.3) is 5.91 Å². The molecular formula is C23H22F3N5O4. The standard InChI is InChI=1S/C23H22F3N5O4/c1-33-22-16(31-7-9-34-12-18(31)32)10-14-20-27-11-13-4-2-5-15(23(24,25)26)19(13)35-8-3-6-17(28-20)29-21(14)30-22/h2,4-5,10H,3,6-9,11-12H2,1H3,(H,27,28,29,30). The summed E-state index contributed by atoms with van der Waals surface area (Å²) in [5.41, 5.74) is 0.321. The average molecular weight is 489 g/mol. The molecule has 12 heteroatoms. The largest absolute Gasteiger partial charge is 0.493 e. The van der Waals surface area contributed by atoms with Crippen LogP contribution in [0.5, 0.6) is 11.6 Å². The monoisotopic (exact) mass is 489 g/mol. The molecule has 4 heterocycles. The van der Waals surface area contributed by atoms with Crippen LogP contribution in [0, 0.1) is 0 Å². The number of morpholine rings is 1. The van der Waals surface area contributed by atoms with E-state index in [-0.39, 0.29) is 37.3 Å². The quantitative estimate of drug-likeness (QED) is 0.585. The summed E-state index contributed by atoms with van der Waals surface area (Å²) >= 11 is 0. The minimum absolute atomic E-state index is 0.0304. The Balaban J connectivity index is 1.60. The SMILES string of the molecule is COc1nc2nc3nc(c2cc1N1CCOCC1=O)NCc1cccc(C(F)(F)F)c1OCCC3. The van der Waals surface area contributed by atoms with Gasteiger partial charge in [-0.05, 0) is 18.6 Å². The fourth-order valence-corrected chi connectivity index (χ4v) is 4.14. The van der Waals surface area contributed by atoms with Crippen LogP contribution in [-0.4, -0.2) is 54.3 Å². The number of aryl methyl sites for hydroxylation is 1. The molecule has 5 rings (SSSR count). The van der Waals surface area contributed by atoms with Gasteiger partial charge in [-0.3, -0.25) is 4.79 Å². The third kappa shape index (κ3) is 4.53. The van der Waals surface area contributed by atoms with E-state index in [2.05, 4.69) is 20.3 Å². The Morgan fingerprint density at radius 1 is 1.17 bits per heavy atom. The lowest BCUT2D eigenvalue weighted by atomic mass is 10.1. The number of anilines is 2. The van der Waals surface area contributed by atoms with Gasteiger partial charge in [0.15, 0.2) is 5.65 Å². The zero-order valence-electron chi connectivity index (χ0n) is 18.8. The molecular weight excluding hydrogens is 467 g/mol. The summed E-state index contributed by atoms with van der Waals surface area (Å²) in [6, 6.07) is 5.65. The summed E-state index contributed by atoms with van der Waals surface area (Å²) in [5.74, 6) is 0.664. The van der Waals surface area contributed by atoms with E-state index in [4.69, 9.17) is 14.2 Å². The molecule has 1 fully saturated rings. The first kappa shape index (κ1) is 23.1. The number of methoxy groups -OCH3 is 1. The minimum atomic E-state index is -4.55. The second kappa shape index (κ2) is 9.17. The predicted octanol–water partition coefficient (Wildman–Crippen LogP) is 3.35. The number of aromatic nitrogens is 3. The van der Waals surface area contributed by atoms with Crippen LogP contribution in [0.4, 0.5) is 24.7 Å². The number of benzene rings is 1. The van der Waals surface area contributed by atoms with Gasteiger partial charge in [0.1, 0.15) is 29.7 Å². The van der Waals surface area contributed by atoms with Gasteiger partial charge in [0.2, 0.25) is 5.88 Å². The van der Waals surface area contributed by atoms with Crippen LogP contribution >= 0.6 is 0 Å². The lowest BCUT2D eigenvalue weighted by Gasteiger charge is -2.28. The molecule has 0 unspecified atom stereocenters. The first-order valence-corrected chi connectivity index (χ1v) is 11.0. The van der Waals surface area contributed by atoms with Crippen molar-refractivity contribution in [2.75, 3.05) is 43.7 Å². The summed E-state index contributed by atoms with van der Waals surface area (Å²) in [4.78, 5) is 27.6. The molecule has 35 heavy (non-hydrogen) atoms. The maximum atomic E-state index is 13.6. The van der Waals surface area contributed by atoms with Crippen molar-refractivity contribution in [1.29, 1.82) is 0 Å². The van der Waals surface area contributed by atoms with Gasteiger partial charge in [-0.2, -0.15) is 18.2 Å². The smallest absolute Gasteiger partial charge is 0.419 e. The van der Waals surface area contributed by atoms with E-state index in [1.165, 1.54) is 18.1 Å². The number of carbonyl (C=O) groups is 1. The molecule has 184 valence electrons. The van der Waals surface area contributed by atoms with Gasteiger partial charge in [-0.15, -0.1) is 0 Å². The number of para-hydroxylation sites is 1. The highest BCUT2D eigenvalue weighted by molar-refractivity contribution is 5.99. The van der Waals surface area contributed by atoms with Crippen molar-refractivity contribution < 1.29 is 32.2 Å².